The first-order valence-corrected chi connectivity index (χ1v) is 6.03. The number of carbonyl (C=O) groups is 1. The Kier molecular flexibility index (Phi) is 8.21. The van der Waals surface area contributed by atoms with Gasteiger partial charge in [0.05, 0.1) is 0 Å². The molecule has 4 nitrogen and oxygen atoms in total. The number of ether oxygens (including phenoxy) is 1. The van der Waals surface area contributed by atoms with Gasteiger partial charge in [0, 0.05) is 13.1 Å². The minimum Gasteiger partial charge on any atom is -0.462 e. The van der Waals surface area contributed by atoms with Crippen LogP contribution in [-0.4, -0.2) is 43.2 Å². The van der Waals surface area contributed by atoms with Crippen molar-refractivity contribution in [1.29, 1.82) is 0 Å². The minimum absolute atomic E-state index is 0.318. The van der Waals surface area contributed by atoms with Crippen LogP contribution in [0.1, 0.15) is 40.0 Å². The van der Waals surface area contributed by atoms with Crippen LogP contribution < -0.4 is 5.73 Å². The van der Waals surface area contributed by atoms with Gasteiger partial charge in [-0.3, -0.25) is 4.79 Å². The van der Waals surface area contributed by atoms with E-state index in [9.17, 15) is 4.79 Å². The van der Waals surface area contributed by atoms with Gasteiger partial charge >= 0.3 is 0 Å². The second-order valence-electron chi connectivity index (χ2n) is 5.02. The van der Waals surface area contributed by atoms with Crippen molar-refractivity contribution >= 4 is 6.47 Å². The van der Waals surface area contributed by atoms with Gasteiger partial charge < -0.3 is 15.4 Å². The summed E-state index contributed by atoms with van der Waals surface area (Å²) in [7, 11) is 0. The number of nitrogens with two attached hydrogens (primary N) is 1. The monoisotopic (exact) mass is 230 g/mol. The van der Waals surface area contributed by atoms with E-state index in [1.807, 2.05) is 20.8 Å². The number of carbonyl (C=O) groups excluding carboxylic acids is 1. The molecule has 1 rings (SSSR count). The van der Waals surface area contributed by atoms with Crippen LogP contribution >= 0.6 is 0 Å². The number of nitrogens with zero attached hydrogens (tertiary/aromatic N) is 1. The lowest BCUT2D eigenvalue weighted by atomic mass is 10.1. The Morgan fingerprint density at radius 3 is 2.12 bits per heavy atom. The largest absolute Gasteiger partial charge is 0.462 e. The molecule has 96 valence electrons. The minimum atomic E-state index is -0.318. The number of hydrogen-bond acceptors (Lipinski definition) is 4. The number of likely N-dealkylation sites (tertiary alicyclic amines) is 1. The maximum atomic E-state index is 9.60. The van der Waals surface area contributed by atoms with Gasteiger partial charge in [-0.1, -0.05) is 6.42 Å². The highest BCUT2D eigenvalue weighted by atomic mass is 16.5. The molecule has 0 aliphatic carbocycles. The van der Waals surface area contributed by atoms with E-state index >= 15 is 0 Å². The normalized spacial score (nSPS) is 17.2. The fourth-order valence-corrected chi connectivity index (χ4v) is 1.51. The van der Waals surface area contributed by atoms with Gasteiger partial charge in [-0.25, -0.2) is 0 Å². The predicted molar refractivity (Wildman–Crippen MR) is 66.2 cm³/mol. The van der Waals surface area contributed by atoms with Crippen molar-refractivity contribution in [3.63, 3.8) is 0 Å². The van der Waals surface area contributed by atoms with Gasteiger partial charge in [-0.15, -0.1) is 0 Å². The molecule has 1 heterocycles. The fraction of sp³-hybridized carbons (Fsp3) is 0.917. The molecule has 0 aromatic heterocycles. The molecular weight excluding hydrogens is 204 g/mol. The Labute approximate surface area is 99.1 Å². The van der Waals surface area contributed by atoms with Crippen molar-refractivity contribution in [3.8, 4) is 0 Å². The molecule has 1 saturated heterocycles. The number of hydrogen-bond donors (Lipinski definition) is 1. The summed E-state index contributed by atoms with van der Waals surface area (Å²) in [4.78, 5) is 12.0. The van der Waals surface area contributed by atoms with Gasteiger partial charge in [0.2, 0.25) is 0 Å². The molecular formula is C12H26N2O2. The summed E-state index contributed by atoms with van der Waals surface area (Å²) >= 11 is 0. The van der Waals surface area contributed by atoms with Crippen molar-refractivity contribution < 1.29 is 9.53 Å². The van der Waals surface area contributed by atoms with Gasteiger partial charge in [-0.2, -0.15) is 0 Å². The van der Waals surface area contributed by atoms with E-state index in [1.54, 1.807) is 0 Å². The Hall–Kier alpha value is -0.610. The van der Waals surface area contributed by atoms with Crippen molar-refractivity contribution in [2.45, 2.75) is 45.6 Å². The zero-order valence-electron chi connectivity index (χ0n) is 10.9. The highest BCUT2D eigenvalue weighted by Gasteiger charge is 2.07. The summed E-state index contributed by atoms with van der Waals surface area (Å²) in [6.45, 7) is 10.4. The van der Waals surface area contributed by atoms with Crippen LogP contribution in [0, 0.1) is 0 Å². The number of piperidine rings is 1. The summed E-state index contributed by atoms with van der Waals surface area (Å²) < 4.78 is 4.55. The summed E-state index contributed by atoms with van der Waals surface area (Å²) in [5.74, 6) is 0. The first-order valence-electron chi connectivity index (χ1n) is 6.03. The molecule has 16 heavy (non-hydrogen) atoms. The third kappa shape index (κ3) is 9.93. The highest BCUT2D eigenvalue weighted by molar-refractivity contribution is 5.37. The van der Waals surface area contributed by atoms with Crippen LogP contribution in [0.2, 0.25) is 0 Å². The standard InChI is InChI=1S/C7H16N2.C5H10O2/c8-4-7-9-5-2-1-3-6-9;1-5(2,3)7-4-6/h1-8H2;4H,1-3H3. The summed E-state index contributed by atoms with van der Waals surface area (Å²) in [6.07, 6.45) is 4.17. The lowest BCUT2D eigenvalue weighted by Crippen LogP contribution is -2.33. The lowest BCUT2D eigenvalue weighted by Gasteiger charge is -2.25. The Morgan fingerprint density at radius 1 is 1.25 bits per heavy atom. The third-order valence-electron chi connectivity index (χ3n) is 2.30. The molecule has 4 heteroatoms. The van der Waals surface area contributed by atoms with E-state index in [0.717, 1.165) is 13.1 Å². The van der Waals surface area contributed by atoms with Crippen LogP contribution in [0.3, 0.4) is 0 Å². The third-order valence-corrected chi connectivity index (χ3v) is 2.30. The Morgan fingerprint density at radius 2 is 1.81 bits per heavy atom. The second-order valence-corrected chi connectivity index (χ2v) is 5.02. The molecule has 2 N–H and O–H groups in total. The van der Waals surface area contributed by atoms with Gasteiger partial charge in [0.1, 0.15) is 5.60 Å². The van der Waals surface area contributed by atoms with E-state index in [0.29, 0.717) is 6.47 Å². The SMILES string of the molecule is CC(C)(C)OC=O.NCCN1CCCCC1. The van der Waals surface area contributed by atoms with Gasteiger partial charge in [0.25, 0.3) is 6.47 Å². The first kappa shape index (κ1) is 15.4. The van der Waals surface area contributed by atoms with Crippen LogP contribution in [-0.2, 0) is 9.53 Å². The maximum Gasteiger partial charge on any atom is 0.293 e. The summed E-state index contributed by atoms with van der Waals surface area (Å²) in [5.41, 5.74) is 5.10. The van der Waals surface area contributed by atoms with E-state index in [-0.39, 0.29) is 5.60 Å². The average molecular weight is 230 g/mol. The van der Waals surface area contributed by atoms with Gasteiger partial charge in [-0.05, 0) is 46.7 Å². The van der Waals surface area contributed by atoms with E-state index in [1.165, 1.54) is 32.4 Å². The lowest BCUT2D eigenvalue weighted by molar-refractivity contribution is -0.138. The first-order chi connectivity index (χ1) is 7.49. The van der Waals surface area contributed by atoms with Crippen LogP contribution in [0.5, 0.6) is 0 Å². The van der Waals surface area contributed by atoms with Crippen LogP contribution in [0.4, 0.5) is 0 Å². The zero-order valence-corrected chi connectivity index (χ0v) is 10.9. The predicted octanol–water partition coefficient (Wildman–Crippen LogP) is 1.39. The van der Waals surface area contributed by atoms with Crippen LogP contribution in [0.15, 0.2) is 0 Å². The van der Waals surface area contributed by atoms with E-state index in [2.05, 4.69) is 9.64 Å². The molecule has 0 amide bonds. The second kappa shape index (κ2) is 8.53. The smallest absolute Gasteiger partial charge is 0.293 e. The van der Waals surface area contributed by atoms with Crippen molar-refractivity contribution in [3.05, 3.63) is 0 Å². The molecule has 1 aliphatic heterocycles. The van der Waals surface area contributed by atoms with Crippen molar-refractivity contribution in [2.75, 3.05) is 26.2 Å². The maximum absolute atomic E-state index is 9.60. The van der Waals surface area contributed by atoms with Crippen molar-refractivity contribution in [2.24, 2.45) is 5.73 Å². The molecule has 0 aromatic carbocycles. The molecule has 0 bridgehead atoms. The van der Waals surface area contributed by atoms with E-state index in [4.69, 9.17) is 5.73 Å². The zero-order chi connectivity index (χ0) is 12.4. The fourth-order valence-electron chi connectivity index (χ4n) is 1.51. The Bertz CT molecular complexity index is 170. The molecule has 0 unspecified atom stereocenters. The molecule has 1 fully saturated rings. The average Bonchev–Trinajstić information content (AvgIpc) is 2.19. The molecule has 0 spiro atoms. The topological polar surface area (TPSA) is 55.6 Å². The molecule has 0 atom stereocenters. The molecule has 1 aliphatic rings. The summed E-state index contributed by atoms with van der Waals surface area (Å²) in [6, 6.07) is 0. The van der Waals surface area contributed by atoms with Crippen LogP contribution in [0.25, 0.3) is 0 Å². The number of rotatable bonds is 3. The Balaban J connectivity index is 0.000000293. The quantitative estimate of drug-likeness (QED) is 0.744. The molecule has 0 radical (unpaired) electrons. The van der Waals surface area contributed by atoms with Gasteiger partial charge in [0.15, 0.2) is 0 Å². The molecule has 0 saturated carbocycles. The summed E-state index contributed by atoms with van der Waals surface area (Å²) in [5, 5.41) is 0. The molecule has 0 aromatic rings. The highest BCUT2D eigenvalue weighted by Crippen LogP contribution is 2.06. The van der Waals surface area contributed by atoms with Crippen molar-refractivity contribution in [1.82, 2.24) is 4.90 Å². The van der Waals surface area contributed by atoms with E-state index < -0.39 is 0 Å².